The second-order valence-corrected chi connectivity index (χ2v) is 6.47. The van der Waals surface area contributed by atoms with Gasteiger partial charge in [0.2, 0.25) is 0 Å². The minimum atomic E-state index is -0.132. The summed E-state index contributed by atoms with van der Waals surface area (Å²) in [4.78, 5) is 11.2. The highest BCUT2D eigenvalue weighted by atomic mass is 16.5. The molecule has 0 N–H and O–H groups in total. The van der Waals surface area contributed by atoms with Crippen LogP contribution in [0.3, 0.4) is 0 Å². The molecule has 0 aliphatic rings. The number of hydrogen-bond donors (Lipinski definition) is 0. The molecule has 0 fully saturated rings. The summed E-state index contributed by atoms with van der Waals surface area (Å²) in [5, 5.41) is 0. The molecule has 0 heterocycles. The molecule has 0 aromatic heterocycles. The van der Waals surface area contributed by atoms with E-state index in [1.807, 2.05) is 12.2 Å². The van der Waals surface area contributed by atoms with E-state index in [9.17, 15) is 4.79 Å². The Morgan fingerprint density at radius 2 is 1.54 bits per heavy atom. The number of esters is 1. The predicted octanol–water partition coefficient (Wildman–Crippen LogP) is 6.92. The molecule has 0 radical (unpaired) electrons. The van der Waals surface area contributed by atoms with Gasteiger partial charge in [0.15, 0.2) is 0 Å². The molecule has 0 bridgehead atoms. The second kappa shape index (κ2) is 18.0. The lowest BCUT2D eigenvalue weighted by Gasteiger charge is -2.16. The van der Waals surface area contributed by atoms with Crippen molar-refractivity contribution < 1.29 is 9.53 Å². The third-order valence-corrected chi connectivity index (χ3v) is 4.10. The average Bonchev–Trinajstić information content (AvgIpc) is 2.55. The van der Waals surface area contributed by atoms with E-state index in [0.717, 1.165) is 19.3 Å². The lowest BCUT2D eigenvalue weighted by atomic mass is 10.0. The summed E-state index contributed by atoms with van der Waals surface area (Å²) in [6, 6.07) is 0. The molecule has 0 saturated heterocycles. The molecule has 1 unspecified atom stereocenters. The zero-order valence-corrected chi connectivity index (χ0v) is 16.0. The molecule has 24 heavy (non-hydrogen) atoms. The summed E-state index contributed by atoms with van der Waals surface area (Å²) in [5.41, 5.74) is 0. The molecular formula is C22H38O2. The summed E-state index contributed by atoms with van der Waals surface area (Å²) < 4.78 is 5.46. The van der Waals surface area contributed by atoms with Crippen LogP contribution in [-0.4, -0.2) is 12.1 Å². The highest BCUT2D eigenvalue weighted by Crippen LogP contribution is 2.16. The van der Waals surface area contributed by atoms with Gasteiger partial charge >= 0.3 is 5.97 Å². The Kier molecular flexibility index (Phi) is 17.1. The standard InChI is InChI=1S/C22H38O2/c1-4-6-8-10-11-12-13-14-15-16-18-20-22(24-21(3)23)19-17-9-7-5-2/h4,6,8,10-11,22H,1,5,7,9,12-20H2,2-3H3. The van der Waals surface area contributed by atoms with E-state index < -0.39 is 0 Å². The van der Waals surface area contributed by atoms with Crippen LogP contribution in [-0.2, 0) is 9.53 Å². The maximum Gasteiger partial charge on any atom is 0.302 e. The lowest BCUT2D eigenvalue weighted by Crippen LogP contribution is -2.16. The monoisotopic (exact) mass is 334 g/mol. The van der Waals surface area contributed by atoms with Gasteiger partial charge in [-0.3, -0.25) is 4.79 Å². The number of rotatable bonds is 16. The summed E-state index contributed by atoms with van der Waals surface area (Å²) in [6.45, 7) is 7.38. The van der Waals surface area contributed by atoms with Gasteiger partial charge in [-0.15, -0.1) is 0 Å². The average molecular weight is 335 g/mol. The van der Waals surface area contributed by atoms with Crippen LogP contribution in [0.5, 0.6) is 0 Å². The van der Waals surface area contributed by atoms with Crippen LogP contribution in [0.1, 0.15) is 90.9 Å². The van der Waals surface area contributed by atoms with E-state index in [4.69, 9.17) is 4.74 Å². The number of carbonyl (C=O) groups excluding carboxylic acids is 1. The fourth-order valence-electron chi connectivity index (χ4n) is 2.78. The van der Waals surface area contributed by atoms with Crippen LogP contribution in [0.15, 0.2) is 37.0 Å². The van der Waals surface area contributed by atoms with E-state index in [1.165, 1.54) is 64.7 Å². The van der Waals surface area contributed by atoms with Crippen LogP contribution in [0, 0.1) is 0 Å². The van der Waals surface area contributed by atoms with Gasteiger partial charge < -0.3 is 4.74 Å². The molecule has 2 heteroatoms. The van der Waals surface area contributed by atoms with Crippen molar-refractivity contribution in [2.45, 2.75) is 97.0 Å². The summed E-state index contributed by atoms with van der Waals surface area (Å²) in [7, 11) is 0. The maximum atomic E-state index is 11.2. The lowest BCUT2D eigenvalue weighted by molar-refractivity contribution is -0.147. The largest absolute Gasteiger partial charge is 0.463 e. The highest BCUT2D eigenvalue weighted by Gasteiger charge is 2.11. The van der Waals surface area contributed by atoms with Gasteiger partial charge in [-0.25, -0.2) is 0 Å². The number of carbonyl (C=O) groups is 1. The molecule has 1 atom stereocenters. The first kappa shape index (κ1) is 22.7. The van der Waals surface area contributed by atoms with Gasteiger partial charge in [0.1, 0.15) is 6.10 Å². The first-order valence-corrected chi connectivity index (χ1v) is 9.82. The van der Waals surface area contributed by atoms with E-state index >= 15 is 0 Å². The zero-order chi connectivity index (χ0) is 17.9. The van der Waals surface area contributed by atoms with Crippen LogP contribution < -0.4 is 0 Å². The van der Waals surface area contributed by atoms with E-state index in [-0.39, 0.29) is 12.1 Å². The van der Waals surface area contributed by atoms with Crippen molar-refractivity contribution >= 4 is 5.97 Å². The molecule has 0 aromatic carbocycles. The van der Waals surface area contributed by atoms with Crippen molar-refractivity contribution in [2.24, 2.45) is 0 Å². The predicted molar refractivity (Wildman–Crippen MR) is 105 cm³/mol. The Morgan fingerprint density at radius 1 is 0.917 bits per heavy atom. The maximum absolute atomic E-state index is 11.2. The summed E-state index contributed by atoms with van der Waals surface area (Å²) in [5.74, 6) is -0.132. The van der Waals surface area contributed by atoms with E-state index in [1.54, 1.807) is 6.08 Å². The van der Waals surface area contributed by atoms with Gasteiger partial charge in [-0.2, -0.15) is 0 Å². The first-order valence-electron chi connectivity index (χ1n) is 9.82. The van der Waals surface area contributed by atoms with Crippen molar-refractivity contribution in [3.05, 3.63) is 37.0 Å². The third-order valence-electron chi connectivity index (χ3n) is 4.10. The number of hydrogen-bond acceptors (Lipinski definition) is 2. The van der Waals surface area contributed by atoms with Crippen molar-refractivity contribution in [1.29, 1.82) is 0 Å². The van der Waals surface area contributed by atoms with E-state index in [0.29, 0.717) is 0 Å². The molecule has 0 spiro atoms. The van der Waals surface area contributed by atoms with Gasteiger partial charge in [0.05, 0.1) is 0 Å². The fraction of sp³-hybridized carbons (Fsp3) is 0.682. The van der Waals surface area contributed by atoms with Gasteiger partial charge in [-0.05, 0) is 38.5 Å². The normalized spacial score (nSPS) is 12.8. The molecule has 0 aliphatic carbocycles. The second-order valence-electron chi connectivity index (χ2n) is 6.47. The minimum absolute atomic E-state index is 0.132. The Hall–Kier alpha value is -1.31. The Labute approximate surface area is 150 Å². The van der Waals surface area contributed by atoms with Gasteiger partial charge in [-0.1, -0.05) is 82.4 Å². The quantitative estimate of drug-likeness (QED) is 0.174. The molecule has 0 aliphatic heterocycles. The fourth-order valence-corrected chi connectivity index (χ4v) is 2.78. The van der Waals surface area contributed by atoms with Crippen LogP contribution in [0.4, 0.5) is 0 Å². The van der Waals surface area contributed by atoms with Crippen LogP contribution >= 0.6 is 0 Å². The number of allylic oxidation sites excluding steroid dienone is 5. The Morgan fingerprint density at radius 3 is 2.17 bits per heavy atom. The van der Waals surface area contributed by atoms with Gasteiger partial charge in [0.25, 0.3) is 0 Å². The number of ether oxygens (including phenoxy) is 1. The Bertz CT molecular complexity index is 355. The zero-order valence-electron chi connectivity index (χ0n) is 16.0. The van der Waals surface area contributed by atoms with Crippen LogP contribution in [0.2, 0.25) is 0 Å². The molecule has 0 rings (SSSR count). The van der Waals surface area contributed by atoms with Crippen molar-refractivity contribution in [2.75, 3.05) is 0 Å². The van der Waals surface area contributed by atoms with Gasteiger partial charge in [0, 0.05) is 6.92 Å². The molecule has 0 saturated carbocycles. The van der Waals surface area contributed by atoms with Crippen molar-refractivity contribution in [3.63, 3.8) is 0 Å². The molecule has 2 nitrogen and oxygen atoms in total. The SMILES string of the molecule is C=CC=CC=CCCCCCCCC(CCCCCC)OC(C)=O. The highest BCUT2D eigenvalue weighted by molar-refractivity contribution is 5.66. The first-order chi connectivity index (χ1) is 11.7. The van der Waals surface area contributed by atoms with Crippen molar-refractivity contribution in [3.8, 4) is 0 Å². The van der Waals surface area contributed by atoms with Crippen molar-refractivity contribution in [1.82, 2.24) is 0 Å². The smallest absolute Gasteiger partial charge is 0.302 e. The molecule has 138 valence electrons. The topological polar surface area (TPSA) is 26.3 Å². The van der Waals surface area contributed by atoms with Crippen LogP contribution in [0.25, 0.3) is 0 Å². The molecular weight excluding hydrogens is 296 g/mol. The molecule has 0 aromatic rings. The minimum Gasteiger partial charge on any atom is -0.463 e. The summed E-state index contributed by atoms with van der Waals surface area (Å²) in [6.07, 6.45) is 24.6. The number of unbranched alkanes of at least 4 members (excludes halogenated alkanes) is 8. The Balaban J connectivity index is 3.63. The third kappa shape index (κ3) is 17.1. The van der Waals surface area contributed by atoms with E-state index in [2.05, 4.69) is 25.7 Å². The summed E-state index contributed by atoms with van der Waals surface area (Å²) >= 11 is 0. The molecule has 0 amide bonds.